The first kappa shape index (κ1) is 14.1. The van der Waals surface area contributed by atoms with Gasteiger partial charge in [-0.05, 0) is 25.7 Å². The number of alkyl halides is 3. The number of rotatable bonds is 1. The summed E-state index contributed by atoms with van der Waals surface area (Å²) >= 11 is 0. The molecule has 0 aromatic heterocycles. The molecule has 0 aromatic rings. The Bertz CT molecular complexity index is 407. The summed E-state index contributed by atoms with van der Waals surface area (Å²) < 4.78 is 62.1. The summed E-state index contributed by atoms with van der Waals surface area (Å²) in [5, 5.41) is 2.33. The number of nitrogens with one attached hydrogen (secondary N) is 1. The van der Waals surface area contributed by atoms with Gasteiger partial charge >= 0.3 is 6.18 Å². The Morgan fingerprint density at radius 3 is 2.50 bits per heavy atom. The van der Waals surface area contributed by atoms with Crippen molar-refractivity contribution in [3.8, 4) is 0 Å². The number of hydrogen-bond acceptors (Lipinski definition) is 3. The van der Waals surface area contributed by atoms with Crippen LogP contribution in [0.5, 0.6) is 0 Å². The average molecular weight is 285 g/mol. The van der Waals surface area contributed by atoms with Gasteiger partial charge in [0, 0.05) is 12.1 Å². The molecule has 1 aliphatic heterocycles. The van der Waals surface area contributed by atoms with Crippen LogP contribution in [0.4, 0.5) is 13.2 Å². The van der Waals surface area contributed by atoms with Gasteiger partial charge in [-0.25, -0.2) is 8.42 Å². The molecule has 2 aliphatic rings. The molecule has 0 radical (unpaired) electrons. The lowest BCUT2D eigenvalue weighted by Crippen LogP contribution is -2.60. The molecule has 1 saturated carbocycles. The van der Waals surface area contributed by atoms with Crippen molar-refractivity contribution >= 4 is 9.84 Å². The maximum absolute atomic E-state index is 12.7. The van der Waals surface area contributed by atoms with Crippen LogP contribution in [0.25, 0.3) is 0 Å². The standard InChI is InChI=1S/C11H18F3NO2S/c1-2-8-6-18(16,17)10-5-7(11(12,13)14)3-4-9(10)15-8/h7-10,15H,2-6H2,1H3. The molecule has 0 aromatic carbocycles. The second-order valence-corrected chi connectivity index (χ2v) is 7.56. The Kier molecular flexibility index (Phi) is 3.66. The van der Waals surface area contributed by atoms with Crippen LogP contribution in [0.15, 0.2) is 0 Å². The highest BCUT2D eigenvalue weighted by Gasteiger charge is 2.50. The minimum atomic E-state index is -4.28. The van der Waals surface area contributed by atoms with Gasteiger partial charge < -0.3 is 5.32 Å². The molecule has 7 heteroatoms. The van der Waals surface area contributed by atoms with Crippen LogP contribution in [0, 0.1) is 5.92 Å². The van der Waals surface area contributed by atoms with Crippen LogP contribution in [0.1, 0.15) is 32.6 Å². The maximum atomic E-state index is 12.7. The molecule has 1 saturated heterocycles. The zero-order valence-electron chi connectivity index (χ0n) is 10.2. The van der Waals surface area contributed by atoms with Gasteiger partial charge in [-0.15, -0.1) is 0 Å². The van der Waals surface area contributed by atoms with E-state index in [2.05, 4.69) is 5.32 Å². The van der Waals surface area contributed by atoms with E-state index in [1.165, 1.54) is 0 Å². The van der Waals surface area contributed by atoms with Crippen molar-refractivity contribution in [1.82, 2.24) is 5.32 Å². The fraction of sp³-hybridized carbons (Fsp3) is 1.00. The van der Waals surface area contributed by atoms with Crippen LogP contribution < -0.4 is 5.32 Å². The summed E-state index contributed by atoms with van der Waals surface area (Å²) in [6.07, 6.45) is -3.54. The molecule has 1 N–H and O–H groups in total. The van der Waals surface area contributed by atoms with Crippen molar-refractivity contribution in [3.05, 3.63) is 0 Å². The Labute approximate surface area is 105 Å². The average Bonchev–Trinajstić information content (AvgIpc) is 2.26. The number of halogens is 3. The predicted molar refractivity (Wildman–Crippen MR) is 62.0 cm³/mol. The molecule has 0 bridgehead atoms. The van der Waals surface area contributed by atoms with Crippen molar-refractivity contribution in [2.45, 2.75) is 56.1 Å². The minimum Gasteiger partial charge on any atom is -0.309 e. The molecule has 0 spiro atoms. The summed E-state index contributed by atoms with van der Waals surface area (Å²) in [4.78, 5) is 0. The molecule has 18 heavy (non-hydrogen) atoms. The van der Waals surface area contributed by atoms with Crippen molar-refractivity contribution in [2.24, 2.45) is 5.92 Å². The Morgan fingerprint density at radius 2 is 1.94 bits per heavy atom. The summed E-state index contributed by atoms with van der Waals surface area (Å²) in [5.41, 5.74) is 0. The Hall–Kier alpha value is -0.300. The van der Waals surface area contributed by atoms with E-state index in [9.17, 15) is 21.6 Å². The molecule has 4 atom stereocenters. The van der Waals surface area contributed by atoms with Crippen molar-refractivity contribution < 1.29 is 21.6 Å². The van der Waals surface area contributed by atoms with Gasteiger partial charge in [0.15, 0.2) is 9.84 Å². The third-order valence-electron chi connectivity index (χ3n) is 4.09. The van der Waals surface area contributed by atoms with Gasteiger partial charge in [-0.1, -0.05) is 6.92 Å². The molecular weight excluding hydrogens is 267 g/mol. The number of sulfone groups is 1. The third-order valence-corrected chi connectivity index (χ3v) is 6.40. The van der Waals surface area contributed by atoms with E-state index in [-0.39, 0.29) is 30.7 Å². The van der Waals surface area contributed by atoms with Gasteiger partial charge in [0.2, 0.25) is 0 Å². The van der Waals surface area contributed by atoms with Crippen LogP contribution in [0.2, 0.25) is 0 Å². The summed E-state index contributed by atoms with van der Waals surface area (Å²) in [6, 6.07) is -0.411. The molecule has 2 rings (SSSR count). The first-order valence-corrected chi connectivity index (χ1v) is 8.00. The van der Waals surface area contributed by atoms with E-state index in [1.807, 2.05) is 6.92 Å². The molecule has 106 valence electrons. The summed E-state index contributed by atoms with van der Waals surface area (Å²) in [5.74, 6) is -1.50. The molecule has 1 heterocycles. The van der Waals surface area contributed by atoms with E-state index in [0.29, 0.717) is 12.8 Å². The molecule has 1 aliphatic carbocycles. The van der Waals surface area contributed by atoms with Gasteiger partial charge in [-0.2, -0.15) is 13.2 Å². The first-order valence-electron chi connectivity index (χ1n) is 6.28. The lowest BCUT2D eigenvalue weighted by atomic mass is 9.84. The predicted octanol–water partition coefficient (Wildman–Crippen LogP) is 1.88. The lowest BCUT2D eigenvalue weighted by molar-refractivity contribution is -0.182. The molecule has 4 unspecified atom stereocenters. The topological polar surface area (TPSA) is 46.2 Å². The minimum absolute atomic E-state index is 0.0314. The van der Waals surface area contributed by atoms with E-state index in [0.717, 1.165) is 0 Å². The monoisotopic (exact) mass is 285 g/mol. The molecule has 2 fully saturated rings. The van der Waals surface area contributed by atoms with Crippen LogP contribution in [0.3, 0.4) is 0 Å². The number of hydrogen-bond donors (Lipinski definition) is 1. The zero-order valence-corrected chi connectivity index (χ0v) is 11.0. The second-order valence-electron chi connectivity index (χ2n) is 5.30. The van der Waals surface area contributed by atoms with Gasteiger partial charge in [0.25, 0.3) is 0 Å². The van der Waals surface area contributed by atoms with E-state index in [1.54, 1.807) is 0 Å². The smallest absolute Gasteiger partial charge is 0.309 e. The van der Waals surface area contributed by atoms with E-state index in [4.69, 9.17) is 0 Å². The van der Waals surface area contributed by atoms with Crippen LogP contribution in [-0.4, -0.2) is 37.7 Å². The fourth-order valence-electron chi connectivity index (χ4n) is 3.00. The van der Waals surface area contributed by atoms with Gasteiger partial charge in [0.1, 0.15) is 0 Å². The van der Waals surface area contributed by atoms with Gasteiger partial charge in [-0.3, -0.25) is 0 Å². The highest BCUT2D eigenvalue weighted by molar-refractivity contribution is 7.92. The lowest BCUT2D eigenvalue weighted by Gasteiger charge is -2.42. The Morgan fingerprint density at radius 1 is 1.28 bits per heavy atom. The molecule has 0 amide bonds. The summed E-state index contributed by atoms with van der Waals surface area (Å²) in [7, 11) is -3.40. The largest absolute Gasteiger partial charge is 0.391 e. The number of fused-ring (bicyclic) bond motifs is 1. The van der Waals surface area contributed by atoms with Crippen LogP contribution >= 0.6 is 0 Å². The van der Waals surface area contributed by atoms with Gasteiger partial charge in [0.05, 0.1) is 16.9 Å². The second kappa shape index (κ2) is 4.67. The Balaban J connectivity index is 2.17. The van der Waals surface area contributed by atoms with Crippen molar-refractivity contribution in [3.63, 3.8) is 0 Å². The highest BCUT2D eigenvalue weighted by Crippen LogP contribution is 2.41. The first-order chi connectivity index (χ1) is 8.24. The molecular formula is C11H18F3NO2S. The SMILES string of the molecule is CCC1CS(=O)(=O)C2CC(C(F)(F)F)CCC2N1. The summed E-state index contributed by atoms with van der Waals surface area (Å²) in [6.45, 7) is 1.88. The quantitative estimate of drug-likeness (QED) is 0.800. The van der Waals surface area contributed by atoms with Crippen molar-refractivity contribution in [2.75, 3.05) is 5.75 Å². The maximum Gasteiger partial charge on any atom is 0.391 e. The normalized spacial score (nSPS) is 40.2. The fourth-order valence-corrected chi connectivity index (χ4v) is 5.39. The molecule has 3 nitrogen and oxygen atoms in total. The van der Waals surface area contributed by atoms with E-state index < -0.39 is 27.2 Å². The zero-order chi connectivity index (χ0) is 13.6. The third kappa shape index (κ3) is 2.66. The highest BCUT2D eigenvalue weighted by atomic mass is 32.2. The van der Waals surface area contributed by atoms with Crippen LogP contribution in [-0.2, 0) is 9.84 Å². The van der Waals surface area contributed by atoms with Crippen molar-refractivity contribution in [1.29, 1.82) is 0 Å². The van der Waals surface area contributed by atoms with E-state index >= 15 is 0 Å².